The van der Waals surface area contributed by atoms with E-state index in [2.05, 4.69) is 0 Å². The summed E-state index contributed by atoms with van der Waals surface area (Å²) in [7, 11) is 6.22. The minimum Gasteiger partial charge on any atom is -0.493 e. The highest BCUT2D eigenvalue weighted by molar-refractivity contribution is 6.32. The van der Waals surface area contributed by atoms with Crippen LogP contribution in [0.2, 0.25) is 5.02 Å². The fourth-order valence-corrected chi connectivity index (χ4v) is 3.56. The Hall–Kier alpha value is -2.40. The Bertz CT molecular complexity index is 831. The van der Waals surface area contributed by atoms with E-state index in [0.717, 1.165) is 11.1 Å². The molecule has 0 aliphatic heterocycles. The number of ether oxygens (including phenoxy) is 4. The number of fused-ring (bicyclic) bond motifs is 1. The van der Waals surface area contributed by atoms with Gasteiger partial charge in [-0.2, -0.15) is 0 Å². The highest BCUT2D eigenvalue weighted by atomic mass is 35.5. The lowest BCUT2D eigenvalue weighted by molar-refractivity contribution is 0.0991. The number of Topliss-reactive ketones (excluding diaryl/α,β-unsaturated/α-hetero) is 1. The zero-order valence-corrected chi connectivity index (χ0v) is 15.3. The molecule has 1 aliphatic rings. The summed E-state index contributed by atoms with van der Waals surface area (Å²) in [6.45, 7) is 0. The highest BCUT2D eigenvalue weighted by Crippen LogP contribution is 2.49. The molecule has 132 valence electrons. The van der Waals surface area contributed by atoms with Crippen molar-refractivity contribution in [1.29, 1.82) is 0 Å². The topological polar surface area (TPSA) is 54.0 Å². The Morgan fingerprint density at radius 2 is 1.52 bits per heavy atom. The predicted molar refractivity (Wildman–Crippen MR) is 94.9 cm³/mol. The molecule has 0 radical (unpaired) electrons. The smallest absolute Gasteiger partial charge is 0.179 e. The van der Waals surface area contributed by atoms with E-state index >= 15 is 0 Å². The van der Waals surface area contributed by atoms with E-state index in [-0.39, 0.29) is 11.7 Å². The van der Waals surface area contributed by atoms with Gasteiger partial charge in [0.25, 0.3) is 0 Å². The van der Waals surface area contributed by atoms with Crippen molar-refractivity contribution < 1.29 is 23.7 Å². The number of rotatable bonds is 5. The van der Waals surface area contributed by atoms with Gasteiger partial charge in [-0.05, 0) is 23.8 Å². The number of hydrogen-bond acceptors (Lipinski definition) is 5. The van der Waals surface area contributed by atoms with Crippen LogP contribution < -0.4 is 18.9 Å². The van der Waals surface area contributed by atoms with Crippen LogP contribution in [-0.2, 0) is 0 Å². The summed E-state index contributed by atoms with van der Waals surface area (Å²) in [6.07, 6.45) is 0.340. The minimum atomic E-state index is -0.163. The molecule has 2 aromatic rings. The van der Waals surface area contributed by atoms with Gasteiger partial charge in [-0.25, -0.2) is 0 Å². The van der Waals surface area contributed by atoms with Crippen molar-refractivity contribution in [1.82, 2.24) is 0 Å². The van der Waals surface area contributed by atoms with Gasteiger partial charge in [0.2, 0.25) is 0 Å². The third-order valence-electron chi connectivity index (χ3n) is 4.50. The molecule has 0 saturated carbocycles. The maximum atomic E-state index is 12.5. The summed E-state index contributed by atoms with van der Waals surface area (Å²) in [5.74, 6) is 2.01. The van der Waals surface area contributed by atoms with Crippen molar-refractivity contribution in [2.45, 2.75) is 12.3 Å². The molecule has 0 amide bonds. The molecule has 6 heteroatoms. The zero-order valence-electron chi connectivity index (χ0n) is 14.5. The van der Waals surface area contributed by atoms with Gasteiger partial charge < -0.3 is 18.9 Å². The second-order valence-corrected chi connectivity index (χ2v) is 6.08. The highest BCUT2D eigenvalue weighted by Gasteiger charge is 2.35. The van der Waals surface area contributed by atoms with Gasteiger partial charge in [0.15, 0.2) is 28.8 Å². The first-order chi connectivity index (χ1) is 12.0. The van der Waals surface area contributed by atoms with Gasteiger partial charge in [0.05, 0.1) is 33.5 Å². The molecule has 0 fully saturated rings. The molecule has 0 spiro atoms. The molecule has 2 aromatic carbocycles. The van der Waals surface area contributed by atoms with Crippen LogP contribution >= 0.6 is 11.6 Å². The number of methoxy groups -OCH3 is 4. The molecule has 1 atom stereocenters. The Morgan fingerprint density at radius 3 is 2.12 bits per heavy atom. The molecule has 0 heterocycles. The van der Waals surface area contributed by atoms with Gasteiger partial charge in [0, 0.05) is 23.5 Å². The molecule has 1 unspecified atom stereocenters. The van der Waals surface area contributed by atoms with Gasteiger partial charge in [-0.15, -0.1) is 0 Å². The minimum absolute atomic E-state index is 0.0527. The van der Waals surface area contributed by atoms with Crippen LogP contribution in [-0.4, -0.2) is 34.2 Å². The monoisotopic (exact) mass is 362 g/mol. The molecule has 0 saturated heterocycles. The lowest BCUT2D eigenvalue weighted by Crippen LogP contribution is -2.03. The van der Waals surface area contributed by atoms with E-state index in [1.807, 2.05) is 12.1 Å². The maximum absolute atomic E-state index is 12.5. The standard InChI is InChI=1S/C19H19ClO5/c1-22-16-8-12-11(7-15(21)13(12)9-17(16)23-2)10-5-6-14(20)19(25-4)18(10)24-3/h5-6,8-9,11H,7H2,1-4H3. The third kappa shape index (κ3) is 2.78. The van der Waals surface area contributed by atoms with Crippen LogP contribution in [0.15, 0.2) is 24.3 Å². The normalized spacial score (nSPS) is 15.7. The lowest BCUT2D eigenvalue weighted by Gasteiger charge is -2.19. The van der Waals surface area contributed by atoms with E-state index in [1.165, 1.54) is 7.11 Å². The van der Waals surface area contributed by atoms with Crippen molar-refractivity contribution in [2.75, 3.05) is 28.4 Å². The number of ketones is 1. The first-order valence-corrected chi connectivity index (χ1v) is 8.13. The quantitative estimate of drug-likeness (QED) is 0.801. The Balaban J connectivity index is 2.19. The van der Waals surface area contributed by atoms with Crippen LogP contribution in [0.25, 0.3) is 0 Å². The molecule has 0 bridgehead atoms. The van der Waals surface area contributed by atoms with Crippen molar-refractivity contribution in [3.8, 4) is 23.0 Å². The Morgan fingerprint density at radius 1 is 0.880 bits per heavy atom. The molecule has 0 N–H and O–H groups in total. The summed E-state index contributed by atoms with van der Waals surface area (Å²) in [4.78, 5) is 12.5. The van der Waals surface area contributed by atoms with E-state index < -0.39 is 0 Å². The first-order valence-electron chi connectivity index (χ1n) is 7.75. The van der Waals surface area contributed by atoms with E-state index in [0.29, 0.717) is 40.0 Å². The Kier molecular flexibility index (Phi) is 4.77. The van der Waals surface area contributed by atoms with Gasteiger partial charge in [-0.1, -0.05) is 17.7 Å². The van der Waals surface area contributed by atoms with Crippen LogP contribution in [0.4, 0.5) is 0 Å². The number of carbonyl (C=O) groups is 1. The van der Waals surface area contributed by atoms with Crippen molar-refractivity contribution in [2.24, 2.45) is 0 Å². The molecular weight excluding hydrogens is 344 g/mol. The molecule has 0 aromatic heterocycles. The van der Waals surface area contributed by atoms with E-state index in [9.17, 15) is 4.79 Å². The molecule has 3 rings (SSSR count). The average molecular weight is 363 g/mol. The van der Waals surface area contributed by atoms with Gasteiger partial charge in [0.1, 0.15) is 0 Å². The fraction of sp³-hybridized carbons (Fsp3) is 0.316. The second-order valence-electron chi connectivity index (χ2n) is 5.68. The molecule has 5 nitrogen and oxygen atoms in total. The SMILES string of the molecule is COc1cc2c(cc1OC)C(c1ccc(Cl)c(OC)c1OC)CC2=O. The number of carbonyl (C=O) groups excluding carboxylic acids is 1. The van der Waals surface area contributed by atoms with Crippen LogP contribution in [0.1, 0.15) is 33.8 Å². The fourth-order valence-electron chi connectivity index (χ4n) is 3.34. The number of benzene rings is 2. The zero-order chi connectivity index (χ0) is 18.1. The summed E-state index contributed by atoms with van der Waals surface area (Å²) in [5.41, 5.74) is 2.37. The summed E-state index contributed by atoms with van der Waals surface area (Å²) in [5, 5.41) is 0.458. The van der Waals surface area contributed by atoms with Crippen molar-refractivity contribution >= 4 is 17.4 Å². The predicted octanol–water partition coefficient (Wildman–Crippen LogP) is 4.09. The number of hydrogen-bond donors (Lipinski definition) is 0. The largest absolute Gasteiger partial charge is 0.493 e. The van der Waals surface area contributed by atoms with Crippen LogP contribution in [0.5, 0.6) is 23.0 Å². The Labute approximate surface area is 151 Å². The molecule has 25 heavy (non-hydrogen) atoms. The summed E-state index contributed by atoms with van der Waals surface area (Å²) < 4.78 is 21.6. The third-order valence-corrected chi connectivity index (χ3v) is 4.80. The molecular formula is C19H19ClO5. The van der Waals surface area contributed by atoms with Crippen LogP contribution in [0, 0.1) is 0 Å². The second kappa shape index (κ2) is 6.84. The molecule has 1 aliphatic carbocycles. The van der Waals surface area contributed by atoms with Gasteiger partial charge in [-0.3, -0.25) is 4.79 Å². The summed E-state index contributed by atoms with van der Waals surface area (Å²) >= 11 is 6.19. The maximum Gasteiger partial charge on any atom is 0.179 e. The lowest BCUT2D eigenvalue weighted by atomic mass is 9.91. The average Bonchev–Trinajstić information content (AvgIpc) is 2.95. The summed E-state index contributed by atoms with van der Waals surface area (Å²) in [6, 6.07) is 7.20. The van der Waals surface area contributed by atoms with Crippen molar-refractivity contribution in [3.63, 3.8) is 0 Å². The first kappa shape index (κ1) is 17.4. The van der Waals surface area contributed by atoms with Crippen LogP contribution in [0.3, 0.4) is 0 Å². The van der Waals surface area contributed by atoms with E-state index in [4.69, 9.17) is 30.5 Å². The van der Waals surface area contributed by atoms with E-state index in [1.54, 1.807) is 33.5 Å². The van der Waals surface area contributed by atoms with Gasteiger partial charge >= 0.3 is 0 Å². The van der Waals surface area contributed by atoms with Crippen molar-refractivity contribution in [3.05, 3.63) is 46.0 Å². The number of halogens is 1.